The zero-order valence-corrected chi connectivity index (χ0v) is 10.8. The summed E-state index contributed by atoms with van der Waals surface area (Å²) in [6, 6.07) is 0. The van der Waals surface area contributed by atoms with Crippen LogP contribution in [-0.4, -0.2) is 32.7 Å². The molecule has 7 heteroatoms. The Morgan fingerprint density at radius 3 is 2.47 bits per heavy atom. The smallest absolute Gasteiger partial charge is 0.325 e. The van der Waals surface area contributed by atoms with Gasteiger partial charge in [0.05, 0.1) is 11.9 Å². The molecule has 0 bridgehead atoms. The molecule has 2 heterocycles. The highest BCUT2D eigenvalue weighted by Crippen LogP contribution is 2.33. The van der Waals surface area contributed by atoms with E-state index in [0.717, 1.165) is 4.90 Å². The average molecular weight is 265 g/mol. The second kappa shape index (κ2) is 4.49. The predicted octanol–water partition coefficient (Wildman–Crippen LogP) is 0.647. The number of carboxylic acids is 1. The number of anilines is 1. The first kappa shape index (κ1) is 13.3. The minimum atomic E-state index is -1.04. The molecule has 0 spiro atoms. The lowest BCUT2D eigenvalue weighted by Crippen LogP contribution is -2.46. The molecule has 2 amide bonds. The second-order valence-corrected chi connectivity index (χ2v) is 5.43. The van der Waals surface area contributed by atoms with Gasteiger partial charge in [-0.2, -0.15) is 5.10 Å². The van der Waals surface area contributed by atoms with E-state index < -0.39 is 5.97 Å². The molecule has 1 fully saturated rings. The van der Waals surface area contributed by atoms with Crippen LogP contribution in [0.15, 0.2) is 12.4 Å². The summed E-state index contributed by atoms with van der Waals surface area (Å²) >= 11 is 0. The molecule has 0 saturated carbocycles. The van der Waals surface area contributed by atoms with Crippen LogP contribution >= 0.6 is 0 Å². The van der Waals surface area contributed by atoms with E-state index >= 15 is 0 Å². The summed E-state index contributed by atoms with van der Waals surface area (Å²) in [7, 11) is 0. The van der Waals surface area contributed by atoms with Crippen LogP contribution < -0.4 is 4.90 Å². The lowest BCUT2D eigenvalue weighted by molar-refractivity contribution is -0.138. The Morgan fingerprint density at radius 1 is 1.37 bits per heavy atom. The maximum Gasteiger partial charge on any atom is 0.325 e. The van der Waals surface area contributed by atoms with Gasteiger partial charge in [0.15, 0.2) is 0 Å². The number of carbonyl (C=O) groups is 3. The van der Waals surface area contributed by atoms with Crippen molar-refractivity contribution >= 4 is 23.5 Å². The Bertz CT molecular complexity index is 527. The number of aromatic nitrogens is 2. The van der Waals surface area contributed by atoms with Crippen molar-refractivity contribution in [3.05, 3.63) is 12.4 Å². The number of imide groups is 1. The number of amides is 2. The Balaban J connectivity index is 2.22. The maximum atomic E-state index is 12.0. The van der Waals surface area contributed by atoms with E-state index in [1.54, 1.807) is 0 Å². The predicted molar refractivity (Wildman–Crippen MR) is 65.4 cm³/mol. The van der Waals surface area contributed by atoms with Crippen molar-refractivity contribution in [1.82, 2.24) is 9.78 Å². The monoisotopic (exact) mass is 265 g/mol. The largest absolute Gasteiger partial charge is 0.480 e. The fraction of sp³-hybridized carbons (Fsp3) is 0.500. The molecular weight excluding hydrogens is 250 g/mol. The van der Waals surface area contributed by atoms with Crippen molar-refractivity contribution in [2.24, 2.45) is 5.41 Å². The SMILES string of the molecule is CC1(C)CC(=O)N(c2cnn(CC(=O)O)c2)C(=O)C1. The molecule has 1 N–H and O–H groups in total. The van der Waals surface area contributed by atoms with Crippen LogP contribution in [0.2, 0.25) is 0 Å². The van der Waals surface area contributed by atoms with E-state index in [1.165, 1.54) is 17.1 Å². The number of carbonyl (C=O) groups excluding carboxylic acids is 2. The molecule has 0 atom stereocenters. The maximum absolute atomic E-state index is 12.0. The van der Waals surface area contributed by atoms with Crippen LogP contribution in [0.3, 0.4) is 0 Å². The third-order valence-corrected chi connectivity index (χ3v) is 2.93. The molecule has 7 nitrogen and oxygen atoms in total. The van der Waals surface area contributed by atoms with Crippen LogP contribution in [-0.2, 0) is 20.9 Å². The molecule has 0 aromatic carbocycles. The molecule has 1 aliphatic heterocycles. The van der Waals surface area contributed by atoms with Gasteiger partial charge in [0.25, 0.3) is 0 Å². The summed E-state index contributed by atoms with van der Waals surface area (Å²) in [4.78, 5) is 35.6. The second-order valence-electron chi connectivity index (χ2n) is 5.43. The highest BCUT2D eigenvalue weighted by Gasteiger charge is 2.38. The molecule has 1 aliphatic rings. The fourth-order valence-electron chi connectivity index (χ4n) is 2.16. The molecule has 102 valence electrons. The van der Waals surface area contributed by atoms with Gasteiger partial charge >= 0.3 is 5.97 Å². The zero-order valence-electron chi connectivity index (χ0n) is 10.8. The molecule has 1 aromatic heterocycles. The standard InChI is InChI=1S/C12H15N3O4/c1-12(2)3-9(16)15(10(17)4-12)8-5-13-14(6-8)7-11(18)19/h5-6H,3-4,7H2,1-2H3,(H,18,19). The van der Waals surface area contributed by atoms with Crippen molar-refractivity contribution in [3.8, 4) is 0 Å². The van der Waals surface area contributed by atoms with Crippen molar-refractivity contribution in [1.29, 1.82) is 0 Å². The minimum absolute atomic E-state index is 0.281. The first-order valence-electron chi connectivity index (χ1n) is 5.88. The fourth-order valence-corrected chi connectivity index (χ4v) is 2.16. The molecule has 2 rings (SSSR count). The van der Waals surface area contributed by atoms with E-state index in [2.05, 4.69) is 5.10 Å². The van der Waals surface area contributed by atoms with Gasteiger partial charge < -0.3 is 5.11 Å². The quantitative estimate of drug-likeness (QED) is 0.810. The summed E-state index contributed by atoms with van der Waals surface area (Å²) < 4.78 is 1.18. The summed E-state index contributed by atoms with van der Waals surface area (Å²) in [5.41, 5.74) is -0.00593. The zero-order chi connectivity index (χ0) is 14.2. The van der Waals surface area contributed by atoms with Crippen molar-refractivity contribution < 1.29 is 19.5 Å². The number of hydrogen-bond donors (Lipinski definition) is 1. The Hall–Kier alpha value is -2.18. The lowest BCUT2D eigenvalue weighted by atomic mass is 9.81. The van der Waals surface area contributed by atoms with Gasteiger partial charge in [0.2, 0.25) is 11.8 Å². The highest BCUT2D eigenvalue weighted by atomic mass is 16.4. The third-order valence-electron chi connectivity index (χ3n) is 2.93. The van der Waals surface area contributed by atoms with E-state index in [-0.39, 0.29) is 36.6 Å². The van der Waals surface area contributed by atoms with E-state index in [9.17, 15) is 14.4 Å². The summed E-state index contributed by atoms with van der Waals surface area (Å²) in [6.45, 7) is 3.43. The van der Waals surface area contributed by atoms with E-state index in [1.807, 2.05) is 13.8 Å². The normalized spacial score (nSPS) is 18.7. The Morgan fingerprint density at radius 2 is 1.95 bits per heavy atom. The first-order chi connectivity index (χ1) is 8.78. The van der Waals surface area contributed by atoms with Crippen LogP contribution in [0, 0.1) is 5.41 Å². The number of hydrogen-bond acceptors (Lipinski definition) is 4. The molecule has 1 aromatic rings. The number of nitrogens with zero attached hydrogens (tertiary/aromatic N) is 3. The van der Waals surface area contributed by atoms with Crippen LogP contribution in [0.4, 0.5) is 5.69 Å². The van der Waals surface area contributed by atoms with Gasteiger partial charge in [0.1, 0.15) is 6.54 Å². The summed E-state index contributed by atoms with van der Waals surface area (Å²) in [5.74, 6) is -1.60. The van der Waals surface area contributed by atoms with Gasteiger partial charge in [0, 0.05) is 19.0 Å². The molecular formula is C12H15N3O4. The van der Waals surface area contributed by atoms with Crippen LogP contribution in [0.5, 0.6) is 0 Å². The lowest BCUT2D eigenvalue weighted by Gasteiger charge is -2.33. The van der Waals surface area contributed by atoms with Gasteiger partial charge in [-0.1, -0.05) is 13.8 Å². The van der Waals surface area contributed by atoms with E-state index in [4.69, 9.17) is 5.11 Å². The first-order valence-corrected chi connectivity index (χ1v) is 5.88. The summed E-state index contributed by atoms with van der Waals surface area (Å²) in [5, 5.41) is 12.5. The van der Waals surface area contributed by atoms with Crippen molar-refractivity contribution in [2.75, 3.05) is 4.90 Å². The molecule has 19 heavy (non-hydrogen) atoms. The molecule has 0 aliphatic carbocycles. The van der Waals surface area contributed by atoms with Crippen molar-refractivity contribution in [2.45, 2.75) is 33.2 Å². The molecule has 0 radical (unpaired) electrons. The number of piperidine rings is 1. The van der Waals surface area contributed by atoms with Crippen LogP contribution in [0.25, 0.3) is 0 Å². The summed E-state index contributed by atoms with van der Waals surface area (Å²) in [6.07, 6.45) is 3.28. The van der Waals surface area contributed by atoms with Gasteiger partial charge in [-0.25, -0.2) is 4.90 Å². The molecule has 0 unspecified atom stereocenters. The van der Waals surface area contributed by atoms with Gasteiger partial charge in [-0.05, 0) is 5.41 Å². The number of carboxylic acid groups (broad SMARTS) is 1. The average Bonchev–Trinajstić information content (AvgIpc) is 2.61. The highest BCUT2D eigenvalue weighted by molar-refractivity contribution is 6.16. The third kappa shape index (κ3) is 2.81. The van der Waals surface area contributed by atoms with Gasteiger partial charge in [-0.15, -0.1) is 0 Å². The topological polar surface area (TPSA) is 92.5 Å². The van der Waals surface area contributed by atoms with E-state index in [0.29, 0.717) is 5.69 Å². The van der Waals surface area contributed by atoms with Crippen molar-refractivity contribution in [3.63, 3.8) is 0 Å². The van der Waals surface area contributed by atoms with Gasteiger partial charge in [-0.3, -0.25) is 19.1 Å². The Labute approximate surface area is 109 Å². The number of aliphatic carboxylic acids is 1. The molecule has 1 saturated heterocycles. The number of rotatable bonds is 3. The van der Waals surface area contributed by atoms with Crippen LogP contribution in [0.1, 0.15) is 26.7 Å². The Kier molecular flexibility index (Phi) is 3.13. The minimum Gasteiger partial charge on any atom is -0.480 e.